The van der Waals surface area contributed by atoms with Crippen molar-refractivity contribution < 1.29 is 14.3 Å². The highest BCUT2D eigenvalue weighted by molar-refractivity contribution is 5.97. The second-order valence-corrected chi connectivity index (χ2v) is 5.78. The van der Waals surface area contributed by atoms with Gasteiger partial charge in [-0.2, -0.15) is 0 Å². The van der Waals surface area contributed by atoms with Gasteiger partial charge in [-0.1, -0.05) is 30.3 Å². The predicted octanol–water partition coefficient (Wildman–Crippen LogP) is 3.84. The fourth-order valence-corrected chi connectivity index (χ4v) is 2.85. The van der Waals surface area contributed by atoms with E-state index >= 15 is 0 Å². The number of rotatable bonds is 6. The molecular weight excluding hydrogens is 290 g/mol. The zero-order chi connectivity index (χ0) is 16.2. The van der Waals surface area contributed by atoms with Gasteiger partial charge in [-0.25, -0.2) is 0 Å². The lowest BCUT2D eigenvalue weighted by atomic mass is 9.93. The van der Waals surface area contributed by atoms with Gasteiger partial charge in [-0.15, -0.1) is 0 Å². The summed E-state index contributed by atoms with van der Waals surface area (Å²) < 4.78 is 10.6. The third kappa shape index (κ3) is 3.47. The summed E-state index contributed by atoms with van der Waals surface area (Å²) in [6, 6.07) is 15.3. The third-order valence-electron chi connectivity index (χ3n) is 4.20. The maximum Gasteiger partial charge on any atom is 0.232 e. The molecule has 1 fully saturated rings. The molecule has 0 aliphatic heterocycles. The van der Waals surface area contributed by atoms with Crippen LogP contribution in [0.3, 0.4) is 0 Å². The van der Waals surface area contributed by atoms with Gasteiger partial charge in [0.1, 0.15) is 11.5 Å². The van der Waals surface area contributed by atoms with Crippen LogP contribution < -0.4 is 14.8 Å². The molecule has 0 aromatic heterocycles. The van der Waals surface area contributed by atoms with E-state index in [4.69, 9.17) is 9.47 Å². The van der Waals surface area contributed by atoms with E-state index in [1.165, 1.54) is 0 Å². The molecule has 0 heterocycles. The Morgan fingerprint density at radius 2 is 1.83 bits per heavy atom. The van der Waals surface area contributed by atoms with Gasteiger partial charge in [0.15, 0.2) is 0 Å². The molecule has 23 heavy (non-hydrogen) atoms. The van der Waals surface area contributed by atoms with Gasteiger partial charge in [0.25, 0.3) is 0 Å². The molecule has 1 N–H and O–H groups in total. The van der Waals surface area contributed by atoms with Gasteiger partial charge in [0.05, 0.1) is 25.8 Å². The second kappa shape index (κ2) is 6.73. The zero-order valence-electron chi connectivity index (χ0n) is 13.4. The highest BCUT2D eigenvalue weighted by atomic mass is 16.5. The Kier molecular flexibility index (Phi) is 4.51. The van der Waals surface area contributed by atoms with Crippen LogP contribution in [0.2, 0.25) is 0 Å². The van der Waals surface area contributed by atoms with Crippen molar-refractivity contribution in [2.45, 2.75) is 18.8 Å². The maximum absolute atomic E-state index is 12.9. The molecule has 4 nitrogen and oxygen atoms in total. The normalized spacial score (nSPS) is 14.9. The molecule has 1 aliphatic rings. The molecule has 1 amide bonds. The lowest BCUT2D eigenvalue weighted by Crippen LogP contribution is -2.23. The van der Waals surface area contributed by atoms with Crippen molar-refractivity contribution in [1.29, 1.82) is 0 Å². The smallest absolute Gasteiger partial charge is 0.232 e. The van der Waals surface area contributed by atoms with Crippen molar-refractivity contribution in [1.82, 2.24) is 0 Å². The molecule has 0 saturated heterocycles. The van der Waals surface area contributed by atoms with Crippen LogP contribution in [0.4, 0.5) is 5.69 Å². The van der Waals surface area contributed by atoms with Crippen molar-refractivity contribution in [3.63, 3.8) is 0 Å². The van der Waals surface area contributed by atoms with Crippen LogP contribution in [0.15, 0.2) is 48.5 Å². The molecule has 3 rings (SSSR count). The van der Waals surface area contributed by atoms with Crippen molar-refractivity contribution >= 4 is 11.6 Å². The summed E-state index contributed by atoms with van der Waals surface area (Å²) in [6.07, 6.45) is 2.20. The lowest BCUT2D eigenvalue weighted by Gasteiger charge is -2.18. The van der Waals surface area contributed by atoms with Crippen molar-refractivity contribution in [3.05, 3.63) is 54.1 Å². The molecule has 1 aliphatic carbocycles. The Morgan fingerprint density at radius 1 is 1.09 bits per heavy atom. The van der Waals surface area contributed by atoms with E-state index < -0.39 is 0 Å². The highest BCUT2D eigenvalue weighted by Gasteiger charge is 2.37. The Bertz CT molecular complexity index is 680. The minimum atomic E-state index is -0.118. The number of carbonyl (C=O) groups is 1. The largest absolute Gasteiger partial charge is 0.497 e. The first kappa shape index (κ1) is 15.4. The summed E-state index contributed by atoms with van der Waals surface area (Å²) in [7, 11) is 3.19. The fraction of sp³-hybridized carbons (Fsp3) is 0.316. The van der Waals surface area contributed by atoms with Crippen LogP contribution >= 0.6 is 0 Å². The first-order valence-electron chi connectivity index (χ1n) is 7.80. The minimum absolute atomic E-state index is 0.00486. The molecule has 0 spiro atoms. The van der Waals surface area contributed by atoms with Gasteiger partial charge in [-0.05, 0) is 36.5 Å². The number of amides is 1. The van der Waals surface area contributed by atoms with E-state index in [1.54, 1.807) is 26.4 Å². The monoisotopic (exact) mass is 311 g/mol. The average Bonchev–Trinajstić information content (AvgIpc) is 3.40. The topological polar surface area (TPSA) is 47.6 Å². The number of anilines is 1. The van der Waals surface area contributed by atoms with Gasteiger partial charge < -0.3 is 14.8 Å². The average molecular weight is 311 g/mol. The summed E-state index contributed by atoms with van der Waals surface area (Å²) in [5.41, 5.74) is 1.70. The van der Waals surface area contributed by atoms with E-state index in [2.05, 4.69) is 5.32 Å². The molecule has 4 heteroatoms. The standard InChI is InChI=1S/C19H21NO3/c1-22-15-10-11-17(23-2)16(12-15)20-19(21)18(14-8-9-14)13-6-4-3-5-7-13/h3-7,10-12,14,18H,8-9H2,1-2H3,(H,20,21). The molecule has 2 aromatic rings. The van der Waals surface area contributed by atoms with Crippen molar-refractivity contribution in [2.75, 3.05) is 19.5 Å². The second-order valence-electron chi connectivity index (χ2n) is 5.78. The first-order valence-corrected chi connectivity index (χ1v) is 7.80. The molecule has 0 bridgehead atoms. The fourth-order valence-electron chi connectivity index (χ4n) is 2.85. The zero-order valence-corrected chi connectivity index (χ0v) is 13.4. The van der Waals surface area contributed by atoms with Crippen LogP contribution in [-0.4, -0.2) is 20.1 Å². The lowest BCUT2D eigenvalue weighted by molar-refractivity contribution is -0.118. The Morgan fingerprint density at radius 3 is 2.43 bits per heavy atom. The van der Waals surface area contributed by atoms with Crippen molar-refractivity contribution in [2.24, 2.45) is 5.92 Å². The third-order valence-corrected chi connectivity index (χ3v) is 4.20. The van der Waals surface area contributed by atoms with E-state index in [0.29, 0.717) is 23.1 Å². The SMILES string of the molecule is COc1ccc(OC)c(NC(=O)C(c2ccccc2)C2CC2)c1. The number of ether oxygens (including phenoxy) is 2. The molecule has 1 saturated carbocycles. The Labute approximate surface area is 136 Å². The van der Waals surface area contributed by atoms with Gasteiger partial charge >= 0.3 is 0 Å². The quantitative estimate of drug-likeness (QED) is 0.882. The molecule has 2 aromatic carbocycles. The first-order chi connectivity index (χ1) is 11.2. The Hall–Kier alpha value is -2.49. The summed E-state index contributed by atoms with van der Waals surface area (Å²) >= 11 is 0. The number of hydrogen-bond acceptors (Lipinski definition) is 3. The van der Waals surface area contributed by atoms with E-state index in [-0.39, 0.29) is 11.8 Å². The van der Waals surface area contributed by atoms with Crippen LogP contribution in [0, 0.1) is 5.92 Å². The minimum Gasteiger partial charge on any atom is -0.497 e. The Balaban J connectivity index is 1.85. The number of benzene rings is 2. The van der Waals surface area contributed by atoms with Gasteiger partial charge in [-0.3, -0.25) is 4.79 Å². The predicted molar refractivity (Wildman–Crippen MR) is 90.1 cm³/mol. The highest BCUT2D eigenvalue weighted by Crippen LogP contribution is 2.43. The van der Waals surface area contributed by atoms with Crippen LogP contribution in [0.1, 0.15) is 24.3 Å². The molecular formula is C19H21NO3. The number of hydrogen-bond donors (Lipinski definition) is 1. The molecule has 120 valence electrons. The number of methoxy groups -OCH3 is 2. The van der Waals surface area contributed by atoms with Crippen LogP contribution in [0.25, 0.3) is 0 Å². The van der Waals surface area contributed by atoms with Crippen molar-refractivity contribution in [3.8, 4) is 11.5 Å². The molecule has 1 unspecified atom stereocenters. The summed E-state index contributed by atoms with van der Waals surface area (Å²) in [6.45, 7) is 0. The van der Waals surface area contributed by atoms with Crippen LogP contribution in [-0.2, 0) is 4.79 Å². The summed E-state index contributed by atoms with van der Waals surface area (Å²) in [5.74, 6) is 1.62. The molecule has 1 atom stereocenters. The number of nitrogens with one attached hydrogen (secondary N) is 1. The maximum atomic E-state index is 12.9. The van der Waals surface area contributed by atoms with Crippen LogP contribution in [0.5, 0.6) is 11.5 Å². The van der Waals surface area contributed by atoms with Gasteiger partial charge in [0, 0.05) is 6.07 Å². The van der Waals surface area contributed by atoms with E-state index in [9.17, 15) is 4.79 Å². The number of carbonyl (C=O) groups excluding carboxylic acids is 1. The summed E-state index contributed by atoms with van der Waals surface area (Å²) in [5, 5.41) is 3.01. The van der Waals surface area contributed by atoms with Gasteiger partial charge in [0.2, 0.25) is 5.91 Å². The molecule has 0 radical (unpaired) electrons. The summed E-state index contributed by atoms with van der Waals surface area (Å²) in [4.78, 5) is 12.9. The van der Waals surface area contributed by atoms with E-state index in [1.807, 2.05) is 36.4 Å². The van der Waals surface area contributed by atoms with E-state index in [0.717, 1.165) is 18.4 Å².